The third-order valence-electron chi connectivity index (χ3n) is 2.94. The van der Waals surface area contributed by atoms with Crippen LogP contribution in [0.2, 0.25) is 0 Å². The van der Waals surface area contributed by atoms with E-state index in [1.54, 1.807) is 14.2 Å². The number of nitrogens with two attached hydrogens (primary N) is 1. The molecule has 106 valence electrons. The summed E-state index contributed by atoms with van der Waals surface area (Å²) >= 11 is 3.39. The number of halogens is 1. The van der Waals surface area contributed by atoms with Gasteiger partial charge in [0, 0.05) is 11.0 Å². The van der Waals surface area contributed by atoms with Crippen molar-refractivity contribution in [2.45, 2.75) is 6.54 Å². The average Bonchev–Trinajstić information content (AvgIpc) is 2.46. The second kappa shape index (κ2) is 6.52. The molecule has 2 rings (SSSR count). The summed E-state index contributed by atoms with van der Waals surface area (Å²) in [6.07, 6.45) is 0. The van der Waals surface area contributed by atoms with E-state index in [1.807, 2.05) is 36.4 Å². The molecule has 3 N–H and O–H groups in total. The molecule has 0 unspecified atom stereocenters. The van der Waals surface area contributed by atoms with Gasteiger partial charge in [0.1, 0.15) is 0 Å². The van der Waals surface area contributed by atoms with Crippen LogP contribution in [-0.2, 0) is 6.54 Å². The molecule has 4 nitrogen and oxygen atoms in total. The zero-order valence-corrected chi connectivity index (χ0v) is 13.0. The zero-order valence-electron chi connectivity index (χ0n) is 11.4. The summed E-state index contributed by atoms with van der Waals surface area (Å²) in [5.74, 6) is 1.44. The Morgan fingerprint density at radius 3 is 2.45 bits per heavy atom. The fraction of sp³-hybridized carbons (Fsp3) is 0.200. The van der Waals surface area contributed by atoms with E-state index in [4.69, 9.17) is 15.2 Å². The van der Waals surface area contributed by atoms with E-state index >= 15 is 0 Å². The molecule has 0 atom stereocenters. The summed E-state index contributed by atoms with van der Waals surface area (Å²) in [6.45, 7) is 0.659. The van der Waals surface area contributed by atoms with Gasteiger partial charge in [-0.2, -0.15) is 0 Å². The number of nitrogen functional groups attached to an aromatic ring is 1. The van der Waals surface area contributed by atoms with E-state index in [0.29, 0.717) is 12.2 Å². The Bertz CT molecular complexity index is 602. The van der Waals surface area contributed by atoms with Gasteiger partial charge in [-0.05, 0) is 35.9 Å². The Hall–Kier alpha value is -1.88. The average molecular weight is 337 g/mol. The number of rotatable bonds is 5. The van der Waals surface area contributed by atoms with Gasteiger partial charge in [-0.25, -0.2) is 0 Å². The van der Waals surface area contributed by atoms with Gasteiger partial charge < -0.3 is 20.5 Å². The predicted octanol–water partition coefficient (Wildman–Crippen LogP) is 3.66. The molecule has 0 aliphatic rings. The number of nitrogens with one attached hydrogen (secondary N) is 1. The van der Waals surface area contributed by atoms with Crippen LogP contribution in [0.3, 0.4) is 0 Å². The van der Waals surface area contributed by atoms with E-state index in [9.17, 15) is 0 Å². The highest BCUT2D eigenvalue weighted by atomic mass is 79.9. The van der Waals surface area contributed by atoms with Gasteiger partial charge in [0.05, 0.1) is 25.6 Å². The lowest BCUT2D eigenvalue weighted by Crippen LogP contribution is -2.03. The fourth-order valence-corrected chi connectivity index (χ4v) is 2.26. The summed E-state index contributed by atoms with van der Waals surface area (Å²) in [6, 6.07) is 11.6. The fourth-order valence-electron chi connectivity index (χ4n) is 1.88. The van der Waals surface area contributed by atoms with Crippen molar-refractivity contribution in [3.05, 3.63) is 46.4 Å². The molecule has 0 radical (unpaired) electrons. The molecular formula is C15H17BrN2O2. The van der Waals surface area contributed by atoms with Crippen LogP contribution in [0.1, 0.15) is 5.56 Å². The van der Waals surface area contributed by atoms with Crippen LogP contribution in [0, 0.1) is 0 Å². The van der Waals surface area contributed by atoms with Gasteiger partial charge in [-0.15, -0.1) is 0 Å². The maximum absolute atomic E-state index is 5.95. The van der Waals surface area contributed by atoms with Gasteiger partial charge >= 0.3 is 0 Å². The molecule has 2 aromatic carbocycles. The Balaban J connectivity index is 2.10. The van der Waals surface area contributed by atoms with E-state index in [2.05, 4.69) is 21.2 Å². The molecule has 0 aromatic heterocycles. The SMILES string of the molecule is COc1ccc(CNc2ccc(Br)cc2N)cc1OC. The number of hydrogen-bond acceptors (Lipinski definition) is 4. The van der Waals surface area contributed by atoms with Crippen LogP contribution in [0.25, 0.3) is 0 Å². The maximum atomic E-state index is 5.95. The van der Waals surface area contributed by atoms with Crippen molar-refractivity contribution in [1.29, 1.82) is 0 Å². The van der Waals surface area contributed by atoms with E-state index in [0.717, 1.165) is 27.2 Å². The van der Waals surface area contributed by atoms with Gasteiger partial charge in [0.2, 0.25) is 0 Å². The minimum atomic E-state index is 0.659. The quantitative estimate of drug-likeness (QED) is 0.818. The van der Waals surface area contributed by atoms with E-state index in [1.165, 1.54) is 0 Å². The second-order valence-corrected chi connectivity index (χ2v) is 5.19. The highest BCUT2D eigenvalue weighted by molar-refractivity contribution is 9.10. The Kier molecular flexibility index (Phi) is 4.74. The number of methoxy groups -OCH3 is 2. The van der Waals surface area contributed by atoms with Crippen molar-refractivity contribution in [3.63, 3.8) is 0 Å². The molecule has 0 amide bonds. The Morgan fingerprint density at radius 1 is 1.05 bits per heavy atom. The van der Waals surface area contributed by atoms with Crippen molar-refractivity contribution in [2.75, 3.05) is 25.3 Å². The predicted molar refractivity (Wildman–Crippen MR) is 85.4 cm³/mol. The van der Waals surface area contributed by atoms with Crippen LogP contribution in [0.5, 0.6) is 11.5 Å². The normalized spacial score (nSPS) is 10.2. The van der Waals surface area contributed by atoms with Crippen LogP contribution in [0.15, 0.2) is 40.9 Å². The van der Waals surface area contributed by atoms with Crippen LogP contribution >= 0.6 is 15.9 Å². The molecule has 5 heteroatoms. The molecule has 0 aliphatic carbocycles. The van der Waals surface area contributed by atoms with Crippen LogP contribution < -0.4 is 20.5 Å². The van der Waals surface area contributed by atoms with Crippen molar-refractivity contribution in [2.24, 2.45) is 0 Å². The second-order valence-electron chi connectivity index (χ2n) is 4.27. The van der Waals surface area contributed by atoms with Gasteiger partial charge in [-0.3, -0.25) is 0 Å². The zero-order chi connectivity index (χ0) is 14.5. The smallest absolute Gasteiger partial charge is 0.161 e. The Morgan fingerprint density at radius 2 is 1.80 bits per heavy atom. The standard InChI is InChI=1S/C15H17BrN2O2/c1-19-14-6-3-10(7-15(14)20-2)9-18-13-5-4-11(16)8-12(13)17/h3-8,18H,9,17H2,1-2H3. The minimum absolute atomic E-state index is 0.659. The third kappa shape index (κ3) is 3.36. The maximum Gasteiger partial charge on any atom is 0.161 e. The van der Waals surface area contributed by atoms with E-state index in [-0.39, 0.29) is 0 Å². The monoisotopic (exact) mass is 336 g/mol. The minimum Gasteiger partial charge on any atom is -0.493 e. The van der Waals surface area contributed by atoms with Crippen molar-refractivity contribution >= 4 is 27.3 Å². The first kappa shape index (κ1) is 14.5. The summed E-state index contributed by atoms with van der Waals surface area (Å²) in [5.41, 5.74) is 8.65. The van der Waals surface area contributed by atoms with Crippen molar-refractivity contribution in [1.82, 2.24) is 0 Å². The molecule has 0 bridgehead atoms. The molecule has 20 heavy (non-hydrogen) atoms. The molecule has 0 heterocycles. The number of ether oxygens (including phenoxy) is 2. The number of hydrogen-bond donors (Lipinski definition) is 2. The van der Waals surface area contributed by atoms with E-state index < -0.39 is 0 Å². The lowest BCUT2D eigenvalue weighted by Gasteiger charge is -2.12. The highest BCUT2D eigenvalue weighted by Gasteiger charge is 2.05. The largest absolute Gasteiger partial charge is 0.493 e. The van der Waals surface area contributed by atoms with Crippen molar-refractivity contribution in [3.8, 4) is 11.5 Å². The Labute approximate surface area is 127 Å². The topological polar surface area (TPSA) is 56.5 Å². The van der Waals surface area contributed by atoms with Gasteiger partial charge in [0.15, 0.2) is 11.5 Å². The van der Waals surface area contributed by atoms with Gasteiger partial charge in [-0.1, -0.05) is 22.0 Å². The highest BCUT2D eigenvalue weighted by Crippen LogP contribution is 2.28. The van der Waals surface area contributed by atoms with Crippen LogP contribution in [0.4, 0.5) is 11.4 Å². The first-order valence-electron chi connectivity index (χ1n) is 6.14. The molecule has 0 fully saturated rings. The summed E-state index contributed by atoms with van der Waals surface area (Å²) in [4.78, 5) is 0. The summed E-state index contributed by atoms with van der Waals surface area (Å²) in [7, 11) is 3.25. The lowest BCUT2D eigenvalue weighted by molar-refractivity contribution is 0.354. The molecule has 0 saturated carbocycles. The summed E-state index contributed by atoms with van der Waals surface area (Å²) in [5, 5.41) is 3.30. The number of benzene rings is 2. The van der Waals surface area contributed by atoms with Crippen LogP contribution in [-0.4, -0.2) is 14.2 Å². The molecule has 0 aliphatic heterocycles. The lowest BCUT2D eigenvalue weighted by atomic mass is 10.2. The molecule has 2 aromatic rings. The number of anilines is 2. The van der Waals surface area contributed by atoms with Gasteiger partial charge in [0.25, 0.3) is 0 Å². The summed E-state index contributed by atoms with van der Waals surface area (Å²) < 4.78 is 11.5. The molecule has 0 saturated heterocycles. The molecule has 0 spiro atoms. The van der Waals surface area contributed by atoms with Crippen molar-refractivity contribution < 1.29 is 9.47 Å². The first-order chi connectivity index (χ1) is 9.63. The first-order valence-corrected chi connectivity index (χ1v) is 6.93. The third-order valence-corrected chi connectivity index (χ3v) is 3.44. The molecular weight excluding hydrogens is 320 g/mol.